The number of piperidine rings is 1. The zero-order chi connectivity index (χ0) is 20.3. The third-order valence-electron chi connectivity index (χ3n) is 4.90. The van der Waals surface area contributed by atoms with Crippen molar-refractivity contribution in [3.05, 3.63) is 41.2 Å². The molecule has 1 saturated heterocycles. The van der Waals surface area contributed by atoms with Crippen molar-refractivity contribution in [1.29, 1.82) is 5.26 Å². The minimum atomic E-state index is -0.638. The first-order valence-electron chi connectivity index (χ1n) is 8.98. The first-order chi connectivity index (χ1) is 13.5. The summed E-state index contributed by atoms with van der Waals surface area (Å²) in [5.74, 6) is -1.08. The van der Waals surface area contributed by atoms with Crippen LogP contribution in [0, 0.1) is 11.3 Å². The van der Waals surface area contributed by atoms with Crippen molar-refractivity contribution in [3.8, 4) is 11.8 Å². The lowest BCUT2D eigenvalue weighted by molar-refractivity contribution is 0.0586. The lowest BCUT2D eigenvalue weighted by Gasteiger charge is -2.31. The highest BCUT2D eigenvalue weighted by molar-refractivity contribution is 5.97. The van der Waals surface area contributed by atoms with E-state index in [9.17, 15) is 14.9 Å². The maximum atomic E-state index is 12.3. The third-order valence-corrected chi connectivity index (χ3v) is 4.90. The van der Waals surface area contributed by atoms with E-state index in [1.165, 1.54) is 20.4 Å². The fourth-order valence-corrected chi connectivity index (χ4v) is 3.46. The minimum absolute atomic E-state index is 0.0657. The Labute approximate surface area is 163 Å². The Bertz CT molecular complexity index is 952. The Kier molecular flexibility index (Phi) is 5.54. The van der Waals surface area contributed by atoms with Crippen molar-refractivity contribution in [1.82, 2.24) is 4.57 Å². The van der Waals surface area contributed by atoms with Gasteiger partial charge in [0.1, 0.15) is 6.07 Å². The van der Waals surface area contributed by atoms with Crippen LogP contribution in [0.25, 0.3) is 5.69 Å². The molecule has 1 fully saturated rings. The summed E-state index contributed by atoms with van der Waals surface area (Å²) in [6.45, 7) is 1.65. The number of hydrogen-bond donors (Lipinski definition) is 1. The highest BCUT2D eigenvalue weighted by Crippen LogP contribution is 2.33. The van der Waals surface area contributed by atoms with Gasteiger partial charge in [0.05, 0.1) is 42.4 Å². The number of hydrogen-bond acceptors (Lipinski definition) is 7. The molecular formula is C20H22N4O4. The summed E-state index contributed by atoms with van der Waals surface area (Å²) in [5, 5.41) is 9.36. The zero-order valence-corrected chi connectivity index (χ0v) is 15.9. The fraction of sp³-hybridized carbons (Fsp3) is 0.350. The molecular weight excluding hydrogens is 360 g/mol. The van der Waals surface area contributed by atoms with Gasteiger partial charge in [-0.2, -0.15) is 5.26 Å². The van der Waals surface area contributed by atoms with Gasteiger partial charge in [-0.05, 0) is 37.5 Å². The fourth-order valence-electron chi connectivity index (χ4n) is 3.46. The van der Waals surface area contributed by atoms with Gasteiger partial charge in [-0.15, -0.1) is 0 Å². The topological polar surface area (TPSA) is 111 Å². The van der Waals surface area contributed by atoms with Crippen LogP contribution in [-0.2, 0) is 9.47 Å². The van der Waals surface area contributed by atoms with Gasteiger partial charge in [-0.3, -0.25) is 0 Å². The van der Waals surface area contributed by atoms with Crippen LogP contribution in [0.1, 0.15) is 45.7 Å². The van der Waals surface area contributed by atoms with Gasteiger partial charge in [0.15, 0.2) is 5.69 Å². The molecule has 146 valence electrons. The van der Waals surface area contributed by atoms with Crippen LogP contribution >= 0.6 is 0 Å². The lowest BCUT2D eigenvalue weighted by Crippen LogP contribution is -2.30. The summed E-state index contributed by atoms with van der Waals surface area (Å²) >= 11 is 0. The summed E-state index contributed by atoms with van der Waals surface area (Å²) < 4.78 is 11.3. The normalized spacial score (nSPS) is 13.7. The predicted molar refractivity (Wildman–Crippen MR) is 104 cm³/mol. The van der Waals surface area contributed by atoms with Crippen molar-refractivity contribution in [3.63, 3.8) is 0 Å². The van der Waals surface area contributed by atoms with E-state index in [2.05, 4.69) is 4.90 Å². The average molecular weight is 382 g/mol. The van der Waals surface area contributed by atoms with Crippen LogP contribution in [0.3, 0.4) is 0 Å². The number of rotatable bonds is 4. The summed E-state index contributed by atoms with van der Waals surface area (Å²) in [7, 11) is 2.59. The number of nitrogen functional groups attached to an aromatic ring is 1. The molecule has 1 aromatic carbocycles. The SMILES string of the molecule is COC(=O)c1ccc(-n2cc(C#N)c(N)c2C(=O)OC)c(N2CCCCC2)c1. The number of benzene rings is 1. The second kappa shape index (κ2) is 8.05. The number of nitrogens with two attached hydrogens (primary N) is 1. The molecule has 0 radical (unpaired) electrons. The van der Waals surface area contributed by atoms with Crippen molar-refractivity contribution >= 4 is 23.3 Å². The van der Waals surface area contributed by atoms with E-state index in [0.717, 1.165) is 38.0 Å². The van der Waals surface area contributed by atoms with Gasteiger partial charge in [-0.25, -0.2) is 9.59 Å². The summed E-state index contributed by atoms with van der Waals surface area (Å²) in [6, 6.07) is 7.10. The van der Waals surface area contributed by atoms with Gasteiger partial charge in [0, 0.05) is 19.3 Å². The van der Waals surface area contributed by atoms with Crippen molar-refractivity contribution in [2.24, 2.45) is 0 Å². The number of nitrogens with zero attached hydrogens (tertiary/aromatic N) is 3. The maximum absolute atomic E-state index is 12.3. The molecule has 0 bridgehead atoms. The van der Waals surface area contributed by atoms with Gasteiger partial charge in [0.25, 0.3) is 0 Å². The van der Waals surface area contributed by atoms with E-state index in [1.807, 2.05) is 6.07 Å². The van der Waals surface area contributed by atoms with Gasteiger partial charge in [0.2, 0.25) is 0 Å². The molecule has 0 aliphatic carbocycles. The molecule has 2 N–H and O–H groups in total. The average Bonchev–Trinajstić information content (AvgIpc) is 3.08. The van der Waals surface area contributed by atoms with E-state index in [0.29, 0.717) is 11.3 Å². The standard InChI is InChI=1S/C20H22N4O4/c1-27-19(25)13-6-7-15(16(10-13)23-8-4-3-5-9-23)24-12-14(11-21)17(22)18(24)20(26)28-2/h6-7,10,12H,3-5,8-9,22H2,1-2H3. The Morgan fingerprint density at radius 3 is 2.36 bits per heavy atom. The number of esters is 2. The van der Waals surface area contributed by atoms with Crippen LogP contribution in [0.5, 0.6) is 0 Å². The van der Waals surface area contributed by atoms with E-state index < -0.39 is 11.9 Å². The molecule has 0 saturated carbocycles. The molecule has 0 atom stereocenters. The number of carbonyl (C=O) groups is 2. The highest BCUT2D eigenvalue weighted by Gasteiger charge is 2.25. The Hall–Kier alpha value is -3.47. The number of methoxy groups -OCH3 is 2. The number of ether oxygens (including phenoxy) is 2. The summed E-state index contributed by atoms with van der Waals surface area (Å²) in [5.41, 5.74) is 8.18. The first kappa shape index (κ1) is 19.3. The van der Waals surface area contributed by atoms with Gasteiger partial charge < -0.3 is 24.7 Å². The molecule has 2 aromatic rings. The monoisotopic (exact) mass is 382 g/mol. The molecule has 1 aromatic heterocycles. The Morgan fingerprint density at radius 2 is 1.75 bits per heavy atom. The molecule has 2 heterocycles. The highest BCUT2D eigenvalue weighted by atomic mass is 16.5. The molecule has 28 heavy (non-hydrogen) atoms. The van der Waals surface area contributed by atoms with Crippen LogP contribution < -0.4 is 10.6 Å². The molecule has 3 rings (SSSR count). The van der Waals surface area contributed by atoms with E-state index in [1.54, 1.807) is 22.8 Å². The number of nitriles is 1. The Morgan fingerprint density at radius 1 is 1.07 bits per heavy atom. The van der Waals surface area contributed by atoms with E-state index in [4.69, 9.17) is 15.2 Å². The molecule has 0 amide bonds. The largest absolute Gasteiger partial charge is 0.465 e. The van der Waals surface area contributed by atoms with Crippen LogP contribution in [0.2, 0.25) is 0 Å². The van der Waals surface area contributed by atoms with Crippen LogP contribution in [-0.4, -0.2) is 43.8 Å². The summed E-state index contributed by atoms with van der Waals surface area (Å²) in [6.07, 6.45) is 4.72. The summed E-state index contributed by atoms with van der Waals surface area (Å²) in [4.78, 5) is 26.5. The van der Waals surface area contributed by atoms with Crippen molar-refractivity contribution in [2.45, 2.75) is 19.3 Å². The van der Waals surface area contributed by atoms with E-state index in [-0.39, 0.29) is 16.9 Å². The van der Waals surface area contributed by atoms with Crippen LogP contribution in [0.15, 0.2) is 24.4 Å². The van der Waals surface area contributed by atoms with E-state index >= 15 is 0 Å². The van der Waals surface area contributed by atoms with Gasteiger partial charge in [-0.1, -0.05) is 0 Å². The number of carbonyl (C=O) groups excluding carboxylic acids is 2. The van der Waals surface area contributed by atoms with Crippen LogP contribution in [0.4, 0.5) is 11.4 Å². The lowest BCUT2D eigenvalue weighted by atomic mass is 10.1. The molecule has 0 spiro atoms. The van der Waals surface area contributed by atoms with Crippen molar-refractivity contribution in [2.75, 3.05) is 37.9 Å². The second-order valence-electron chi connectivity index (χ2n) is 6.52. The molecule has 1 aliphatic rings. The predicted octanol–water partition coefficient (Wildman–Crippen LogP) is 2.49. The van der Waals surface area contributed by atoms with Gasteiger partial charge >= 0.3 is 11.9 Å². The Balaban J connectivity index is 2.22. The number of aromatic nitrogens is 1. The molecule has 0 unspecified atom stereocenters. The third kappa shape index (κ3) is 3.39. The minimum Gasteiger partial charge on any atom is -0.465 e. The quantitative estimate of drug-likeness (QED) is 0.809. The smallest absolute Gasteiger partial charge is 0.357 e. The second-order valence-corrected chi connectivity index (χ2v) is 6.52. The number of anilines is 2. The van der Waals surface area contributed by atoms with Crippen molar-refractivity contribution < 1.29 is 19.1 Å². The molecule has 8 heteroatoms. The molecule has 1 aliphatic heterocycles. The maximum Gasteiger partial charge on any atom is 0.357 e. The zero-order valence-electron chi connectivity index (χ0n) is 15.9. The molecule has 8 nitrogen and oxygen atoms in total. The first-order valence-corrected chi connectivity index (χ1v) is 8.98.